The zero-order valence-electron chi connectivity index (χ0n) is 19.1. The molecule has 3 aromatic carbocycles. The number of carboxylic acids is 1. The summed E-state index contributed by atoms with van der Waals surface area (Å²) in [6.07, 6.45) is 4.10. The van der Waals surface area contributed by atoms with Crippen molar-refractivity contribution in [3.63, 3.8) is 0 Å². The smallest absolute Gasteiger partial charge is 0.303 e. The van der Waals surface area contributed by atoms with Crippen molar-refractivity contribution in [2.24, 2.45) is 5.92 Å². The predicted molar refractivity (Wildman–Crippen MR) is 132 cm³/mol. The van der Waals surface area contributed by atoms with E-state index in [0.717, 1.165) is 36.5 Å². The highest BCUT2D eigenvalue weighted by Gasteiger charge is 2.24. The Kier molecular flexibility index (Phi) is 7.58. The van der Waals surface area contributed by atoms with Gasteiger partial charge in [-0.2, -0.15) is 0 Å². The molecule has 6 nitrogen and oxygen atoms in total. The molecule has 0 atom stereocenters. The Morgan fingerprint density at radius 1 is 0.735 bits per heavy atom. The monoisotopic (exact) mass is 458 g/mol. The molecule has 6 heteroatoms. The van der Waals surface area contributed by atoms with Crippen molar-refractivity contribution in [1.82, 2.24) is 10.6 Å². The molecule has 0 heterocycles. The average Bonchev–Trinajstić information content (AvgIpc) is 2.86. The third-order valence-electron chi connectivity index (χ3n) is 6.66. The molecule has 1 saturated carbocycles. The molecule has 176 valence electrons. The second kappa shape index (κ2) is 11.0. The fraction of sp³-hybridized carbons (Fsp3) is 0.321. The lowest BCUT2D eigenvalue weighted by Crippen LogP contribution is -2.34. The maximum Gasteiger partial charge on any atom is 0.303 e. The molecule has 0 radical (unpaired) electrons. The number of carboxylic acid groups (broad SMARTS) is 1. The molecule has 0 unspecified atom stereocenters. The third-order valence-corrected chi connectivity index (χ3v) is 6.66. The SMILES string of the molecule is O=C(O)CC1CCC(c2ccc(C(=O)NCCNC(=O)c3ccc4ccccc4c3)cc2)CC1. The van der Waals surface area contributed by atoms with Gasteiger partial charge in [-0.15, -0.1) is 0 Å². The van der Waals surface area contributed by atoms with Crippen LogP contribution in [0.4, 0.5) is 0 Å². The summed E-state index contributed by atoms with van der Waals surface area (Å²) < 4.78 is 0. The van der Waals surface area contributed by atoms with Crippen LogP contribution in [0.3, 0.4) is 0 Å². The minimum absolute atomic E-state index is 0.164. The van der Waals surface area contributed by atoms with Crippen LogP contribution in [-0.4, -0.2) is 36.0 Å². The van der Waals surface area contributed by atoms with E-state index in [1.165, 1.54) is 5.56 Å². The van der Waals surface area contributed by atoms with Gasteiger partial charge < -0.3 is 15.7 Å². The predicted octanol–water partition coefficient (Wildman–Crippen LogP) is 4.75. The van der Waals surface area contributed by atoms with Crippen LogP contribution in [0, 0.1) is 5.92 Å². The highest BCUT2D eigenvalue weighted by molar-refractivity contribution is 5.98. The summed E-state index contributed by atoms with van der Waals surface area (Å²) in [6, 6.07) is 21.2. The number of fused-ring (bicyclic) bond motifs is 1. The lowest BCUT2D eigenvalue weighted by molar-refractivity contribution is -0.138. The van der Waals surface area contributed by atoms with E-state index in [-0.39, 0.29) is 24.2 Å². The molecule has 1 aliphatic carbocycles. The lowest BCUT2D eigenvalue weighted by Gasteiger charge is -2.28. The molecule has 0 aliphatic heterocycles. The van der Waals surface area contributed by atoms with Crippen LogP contribution < -0.4 is 10.6 Å². The molecule has 3 aromatic rings. The van der Waals surface area contributed by atoms with Gasteiger partial charge in [-0.3, -0.25) is 14.4 Å². The largest absolute Gasteiger partial charge is 0.481 e. The summed E-state index contributed by atoms with van der Waals surface area (Å²) in [5.74, 6) is -0.348. The molecular weight excluding hydrogens is 428 g/mol. The molecule has 1 aliphatic rings. The van der Waals surface area contributed by atoms with E-state index in [0.29, 0.717) is 30.1 Å². The standard InChI is InChI=1S/C28H30N2O4/c31-26(32)17-19-5-7-21(8-6-19)22-9-12-23(13-10-22)27(33)29-15-16-30-28(34)25-14-11-20-3-1-2-4-24(20)18-25/h1-4,9-14,18-19,21H,5-8,15-17H2,(H,29,33)(H,30,34)(H,31,32). The van der Waals surface area contributed by atoms with Crippen molar-refractivity contribution in [2.45, 2.75) is 38.0 Å². The van der Waals surface area contributed by atoms with Gasteiger partial charge in [0.2, 0.25) is 0 Å². The van der Waals surface area contributed by atoms with Gasteiger partial charge in [0.1, 0.15) is 0 Å². The normalized spacial score (nSPS) is 17.8. The van der Waals surface area contributed by atoms with E-state index in [4.69, 9.17) is 5.11 Å². The van der Waals surface area contributed by atoms with Gasteiger partial charge in [-0.25, -0.2) is 0 Å². The Morgan fingerprint density at radius 2 is 1.32 bits per heavy atom. The van der Waals surface area contributed by atoms with Crippen LogP contribution in [0.25, 0.3) is 10.8 Å². The first-order valence-electron chi connectivity index (χ1n) is 11.9. The summed E-state index contributed by atoms with van der Waals surface area (Å²) in [5, 5.41) is 16.8. The van der Waals surface area contributed by atoms with Gasteiger partial charge in [0.05, 0.1) is 0 Å². The Bertz CT molecular complexity index is 1160. The second-order valence-corrected chi connectivity index (χ2v) is 9.01. The van der Waals surface area contributed by atoms with E-state index in [9.17, 15) is 14.4 Å². The molecule has 4 rings (SSSR count). The van der Waals surface area contributed by atoms with Crippen LogP contribution in [0.15, 0.2) is 66.7 Å². The van der Waals surface area contributed by atoms with Gasteiger partial charge in [0.25, 0.3) is 11.8 Å². The summed E-state index contributed by atoms with van der Waals surface area (Å²) in [7, 11) is 0. The van der Waals surface area contributed by atoms with Crippen molar-refractivity contribution in [3.05, 3.63) is 83.4 Å². The third kappa shape index (κ3) is 6.01. The maximum absolute atomic E-state index is 12.5. The Labute approximate surface area is 199 Å². The van der Waals surface area contributed by atoms with Gasteiger partial charge in [-0.05, 0) is 78.1 Å². The maximum atomic E-state index is 12.5. The van der Waals surface area contributed by atoms with E-state index < -0.39 is 5.97 Å². The molecule has 0 aromatic heterocycles. The number of carbonyl (C=O) groups is 3. The van der Waals surface area contributed by atoms with Crippen molar-refractivity contribution in [3.8, 4) is 0 Å². The number of rotatable bonds is 8. The van der Waals surface area contributed by atoms with E-state index >= 15 is 0 Å². The number of carbonyl (C=O) groups excluding carboxylic acids is 2. The van der Waals surface area contributed by atoms with E-state index in [1.807, 2.05) is 60.7 Å². The fourth-order valence-corrected chi connectivity index (χ4v) is 4.74. The minimum Gasteiger partial charge on any atom is -0.481 e. The lowest BCUT2D eigenvalue weighted by atomic mass is 9.77. The summed E-state index contributed by atoms with van der Waals surface area (Å²) in [6.45, 7) is 0.683. The first-order valence-corrected chi connectivity index (χ1v) is 11.9. The van der Waals surface area contributed by atoms with Gasteiger partial charge >= 0.3 is 5.97 Å². The van der Waals surface area contributed by atoms with Gasteiger partial charge in [0.15, 0.2) is 0 Å². The van der Waals surface area contributed by atoms with Crippen LogP contribution in [0.5, 0.6) is 0 Å². The first-order chi connectivity index (χ1) is 16.5. The van der Waals surface area contributed by atoms with Gasteiger partial charge in [-0.1, -0.05) is 42.5 Å². The number of aliphatic carboxylic acids is 1. The quantitative estimate of drug-likeness (QED) is 0.425. The molecular formula is C28H30N2O4. The first kappa shape index (κ1) is 23.5. The van der Waals surface area contributed by atoms with Crippen molar-refractivity contribution < 1.29 is 19.5 Å². The molecule has 0 spiro atoms. The van der Waals surface area contributed by atoms with Crippen LogP contribution in [0.1, 0.15) is 64.3 Å². The number of hydrogen-bond donors (Lipinski definition) is 3. The zero-order valence-corrected chi connectivity index (χ0v) is 19.1. The Hall–Kier alpha value is -3.67. The molecule has 0 bridgehead atoms. The zero-order chi connectivity index (χ0) is 23.9. The number of nitrogens with one attached hydrogen (secondary N) is 2. The summed E-state index contributed by atoms with van der Waals surface area (Å²) >= 11 is 0. The Morgan fingerprint density at radius 3 is 1.97 bits per heavy atom. The van der Waals surface area contributed by atoms with E-state index in [2.05, 4.69) is 10.6 Å². The molecule has 3 N–H and O–H groups in total. The topological polar surface area (TPSA) is 95.5 Å². The number of amides is 2. The molecule has 2 amide bonds. The molecule has 0 saturated heterocycles. The summed E-state index contributed by atoms with van der Waals surface area (Å²) in [5.41, 5.74) is 2.38. The van der Waals surface area contributed by atoms with Crippen molar-refractivity contribution in [2.75, 3.05) is 13.1 Å². The molecule has 34 heavy (non-hydrogen) atoms. The number of hydrogen-bond acceptors (Lipinski definition) is 3. The van der Waals surface area contributed by atoms with Gasteiger partial charge in [0, 0.05) is 30.6 Å². The molecule has 1 fully saturated rings. The van der Waals surface area contributed by atoms with Crippen molar-refractivity contribution in [1.29, 1.82) is 0 Å². The summed E-state index contributed by atoms with van der Waals surface area (Å²) in [4.78, 5) is 35.8. The highest BCUT2D eigenvalue weighted by atomic mass is 16.4. The Balaban J connectivity index is 1.21. The minimum atomic E-state index is -0.716. The van der Waals surface area contributed by atoms with Crippen molar-refractivity contribution >= 4 is 28.6 Å². The van der Waals surface area contributed by atoms with Crippen LogP contribution in [0.2, 0.25) is 0 Å². The van der Waals surface area contributed by atoms with Crippen LogP contribution >= 0.6 is 0 Å². The second-order valence-electron chi connectivity index (χ2n) is 9.01. The van der Waals surface area contributed by atoms with E-state index in [1.54, 1.807) is 6.07 Å². The number of benzene rings is 3. The fourth-order valence-electron chi connectivity index (χ4n) is 4.74. The highest BCUT2D eigenvalue weighted by Crippen LogP contribution is 2.37. The average molecular weight is 459 g/mol. The van der Waals surface area contributed by atoms with Crippen LogP contribution in [-0.2, 0) is 4.79 Å².